The lowest BCUT2D eigenvalue weighted by Gasteiger charge is -2.33. The van der Waals surface area contributed by atoms with Gasteiger partial charge in [-0.3, -0.25) is 0 Å². The van der Waals surface area contributed by atoms with Crippen molar-refractivity contribution in [2.24, 2.45) is 5.92 Å². The van der Waals surface area contributed by atoms with Crippen LogP contribution in [0.5, 0.6) is 0 Å². The van der Waals surface area contributed by atoms with Gasteiger partial charge in [0.25, 0.3) is 0 Å². The van der Waals surface area contributed by atoms with Crippen LogP contribution in [0.1, 0.15) is 12.8 Å². The number of rotatable bonds is 4. The highest BCUT2D eigenvalue weighted by molar-refractivity contribution is 7.89. The molecule has 0 spiro atoms. The molecule has 0 bridgehead atoms. The topological polar surface area (TPSA) is 86.8 Å². The molecule has 9 heteroatoms. The van der Waals surface area contributed by atoms with E-state index in [1.54, 1.807) is 0 Å². The van der Waals surface area contributed by atoms with E-state index >= 15 is 0 Å². The van der Waals surface area contributed by atoms with Gasteiger partial charge >= 0.3 is 0 Å². The molecule has 2 aliphatic heterocycles. The molecule has 2 rings (SSSR count). The summed E-state index contributed by atoms with van der Waals surface area (Å²) in [6.07, 6.45) is 3.11. The average molecular weight is 325 g/mol. The van der Waals surface area contributed by atoms with Gasteiger partial charge in [-0.05, 0) is 31.8 Å². The van der Waals surface area contributed by atoms with Gasteiger partial charge in [-0.1, -0.05) is 0 Å². The lowest BCUT2D eigenvalue weighted by Crippen LogP contribution is -2.51. The molecule has 1 atom stereocenters. The second kappa shape index (κ2) is 6.27. The molecule has 0 aliphatic carbocycles. The highest BCUT2D eigenvalue weighted by atomic mass is 32.2. The van der Waals surface area contributed by atoms with E-state index in [1.807, 2.05) is 0 Å². The van der Waals surface area contributed by atoms with E-state index in [-0.39, 0.29) is 37.8 Å². The number of hydrogen-bond donors (Lipinski definition) is 1. The molecule has 0 amide bonds. The van der Waals surface area contributed by atoms with Crippen LogP contribution in [0.25, 0.3) is 0 Å². The SMILES string of the molecule is CS(=O)(=O)N1CCN(S(=O)(=O)CC2CCCNC2)CC1. The first kappa shape index (κ1) is 16.2. The van der Waals surface area contributed by atoms with Crippen molar-refractivity contribution < 1.29 is 16.8 Å². The zero-order valence-electron chi connectivity index (χ0n) is 11.8. The smallest absolute Gasteiger partial charge is 0.214 e. The van der Waals surface area contributed by atoms with Gasteiger partial charge < -0.3 is 5.32 Å². The molecular weight excluding hydrogens is 302 g/mol. The minimum absolute atomic E-state index is 0.166. The van der Waals surface area contributed by atoms with Crippen LogP contribution in [0.15, 0.2) is 0 Å². The molecule has 0 saturated carbocycles. The number of hydrogen-bond acceptors (Lipinski definition) is 5. The Kier molecular flexibility index (Phi) is 5.06. The van der Waals surface area contributed by atoms with Crippen LogP contribution >= 0.6 is 0 Å². The van der Waals surface area contributed by atoms with Crippen molar-refractivity contribution in [1.82, 2.24) is 13.9 Å². The fourth-order valence-corrected chi connectivity index (χ4v) is 5.39. The summed E-state index contributed by atoms with van der Waals surface area (Å²) in [6, 6.07) is 0. The van der Waals surface area contributed by atoms with Crippen LogP contribution in [-0.4, -0.2) is 76.7 Å². The molecule has 0 aromatic rings. The highest BCUT2D eigenvalue weighted by Crippen LogP contribution is 2.17. The predicted molar refractivity (Wildman–Crippen MR) is 77.4 cm³/mol. The Hall–Kier alpha value is -0.220. The van der Waals surface area contributed by atoms with Gasteiger partial charge in [0.2, 0.25) is 20.0 Å². The first-order valence-electron chi connectivity index (χ1n) is 6.93. The Morgan fingerprint density at radius 3 is 2.15 bits per heavy atom. The van der Waals surface area contributed by atoms with Gasteiger partial charge in [0.05, 0.1) is 12.0 Å². The maximum atomic E-state index is 12.3. The summed E-state index contributed by atoms with van der Waals surface area (Å²) in [4.78, 5) is 0. The van der Waals surface area contributed by atoms with E-state index in [0.717, 1.165) is 32.2 Å². The fourth-order valence-electron chi connectivity index (χ4n) is 2.75. The summed E-state index contributed by atoms with van der Waals surface area (Å²) in [5, 5.41) is 3.22. The van der Waals surface area contributed by atoms with Crippen molar-refractivity contribution in [3.8, 4) is 0 Å². The van der Waals surface area contributed by atoms with Crippen LogP contribution in [0.3, 0.4) is 0 Å². The van der Waals surface area contributed by atoms with E-state index in [2.05, 4.69) is 5.32 Å². The Morgan fingerprint density at radius 1 is 1.05 bits per heavy atom. The first-order chi connectivity index (χ1) is 9.29. The van der Waals surface area contributed by atoms with Gasteiger partial charge in [0.1, 0.15) is 0 Å². The van der Waals surface area contributed by atoms with Crippen molar-refractivity contribution >= 4 is 20.0 Å². The third-order valence-corrected chi connectivity index (χ3v) is 7.25. The van der Waals surface area contributed by atoms with E-state index in [1.165, 1.54) is 8.61 Å². The zero-order chi connectivity index (χ0) is 14.8. The molecule has 0 radical (unpaired) electrons. The predicted octanol–water partition coefficient (Wildman–Crippen LogP) is -1.11. The van der Waals surface area contributed by atoms with E-state index in [9.17, 15) is 16.8 Å². The Labute approximate surface area is 121 Å². The van der Waals surface area contributed by atoms with Crippen LogP contribution in [0.4, 0.5) is 0 Å². The third kappa shape index (κ3) is 4.14. The van der Waals surface area contributed by atoms with E-state index < -0.39 is 20.0 Å². The summed E-state index contributed by atoms with van der Waals surface area (Å²) >= 11 is 0. The number of piperidine rings is 1. The molecule has 1 unspecified atom stereocenters. The van der Waals surface area contributed by atoms with E-state index in [0.29, 0.717) is 0 Å². The maximum absolute atomic E-state index is 12.3. The standard InChI is InChI=1S/C11H23N3O4S2/c1-19(15,16)13-5-7-14(8-6-13)20(17,18)10-11-3-2-4-12-9-11/h11-12H,2-10H2,1H3. The lowest BCUT2D eigenvalue weighted by atomic mass is 10.0. The molecular formula is C11H23N3O4S2. The molecule has 0 aromatic heterocycles. The van der Waals surface area contributed by atoms with Crippen molar-refractivity contribution in [3.05, 3.63) is 0 Å². The number of nitrogens with zero attached hydrogens (tertiary/aromatic N) is 2. The molecule has 2 heterocycles. The molecule has 118 valence electrons. The lowest BCUT2D eigenvalue weighted by molar-refractivity contribution is 0.271. The second-order valence-corrected chi connectivity index (χ2v) is 9.55. The van der Waals surface area contributed by atoms with Gasteiger partial charge in [0, 0.05) is 26.2 Å². The minimum Gasteiger partial charge on any atom is -0.316 e. The molecule has 0 aromatic carbocycles. The molecule has 20 heavy (non-hydrogen) atoms. The number of piperazine rings is 1. The maximum Gasteiger partial charge on any atom is 0.214 e. The fraction of sp³-hybridized carbons (Fsp3) is 1.00. The van der Waals surface area contributed by atoms with Crippen molar-refractivity contribution in [3.63, 3.8) is 0 Å². The largest absolute Gasteiger partial charge is 0.316 e. The molecule has 2 aliphatic rings. The van der Waals surface area contributed by atoms with Gasteiger partial charge in [-0.2, -0.15) is 8.61 Å². The Balaban J connectivity index is 1.91. The van der Waals surface area contributed by atoms with Crippen LogP contribution < -0.4 is 5.32 Å². The van der Waals surface area contributed by atoms with Crippen LogP contribution in [-0.2, 0) is 20.0 Å². The Morgan fingerprint density at radius 2 is 1.65 bits per heavy atom. The van der Waals surface area contributed by atoms with Crippen LogP contribution in [0, 0.1) is 5.92 Å². The second-order valence-electron chi connectivity index (χ2n) is 5.55. The molecule has 7 nitrogen and oxygen atoms in total. The number of sulfonamides is 2. The van der Waals surface area contributed by atoms with Crippen LogP contribution in [0.2, 0.25) is 0 Å². The normalized spacial score (nSPS) is 27.6. The summed E-state index contributed by atoms with van der Waals surface area (Å²) < 4.78 is 50.3. The van der Waals surface area contributed by atoms with Crippen molar-refractivity contribution in [2.45, 2.75) is 12.8 Å². The van der Waals surface area contributed by atoms with Gasteiger partial charge in [-0.25, -0.2) is 16.8 Å². The Bertz CT molecular complexity index is 518. The monoisotopic (exact) mass is 325 g/mol. The quantitative estimate of drug-likeness (QED) is 0.708. The summed E-state index contributed by atoms with van der Waals surface area (Å²) in [5.41, 5.74) is 0. The molecule has 2 saturated heterocycles. The minimum atomic E-state index is -3.28. The average Bonchev–Trinajstić information content (AvgIpc) is 2.38. The highest BCUT2D eigenvalue weighted by Gasteiger charge is 2.32. The van der Waals surface area contributed by atoms with Crippen molar-refractivity contribution in [2.75, 3.05) is 51.3 Å². The zero-order valence-corrected chi connectivity index (χ0v) is 13.4. The molecule has 1 N–H and O–H groups in total. The van der Waals surface area contributed by atoms with Gasteiger partial charge in [-0.15, -0.1) is 0 Å². The first-order valence-corrected chi connectivity index (χ1v) is 10.4. The van der Waals surface area contributed by atoms with E-state index in [4.69, 9.17) is 0 Å². The third-order valence-electron chi connectivity index (χ3n) is 3.91. The number of nitrogens with one attached hydrogen (secondary N) is 1. The summed E-state index contributed by atoms with van der Waals surface area (Å²) in [7, 11) is -6.50. The molecule has 2 fully saturated rings. The van der Waals surface area contributed by atoms with Crippen molar-refractivity contribution in [1.29, 1.82) is 0 Å². The summed E-state index contributed by atoms with van der Waals surface area (Å²) in [6.45, 7) is 2.74. The summed E-state index contributed by atoms with van der Waals surface area (Å²) in [5.74, 6) is 0.334. The van der Waals surface area contributed by atoms with Gasteiger partial charge in [0.15, 0.2) is 0 Å².